The van der Waals surface area contributed by atoms with Crippen molar-refractivity contribution in [1.29, 1.82) is 0 Å². The van der Waals surface area contributed by atoms with Gasteiger partial charge in [0.25, 0.3) is 0 Å². The fraction of sp³-hybridized carbons (Fsp3) is 0.400. The van der Waals surface area contributed by atoms with Gasteiger partial charge in [-0.05, 0) is 6.92 Å². The molecule has 0 spiro atoms. The van der Waals surface area contributed by atoms with E-state index in [1.54, 1.807) is 13.0 Å². The van der Waals surface area contributed by atoms with Gasteiger partial charge in [-0.1, -0.05) is 6.08 Å². The number of ketones is 1. The topological polar surface area (TPSA) is 17.1 Å². The highest BCUT2D eigenvalue weighted by molar-refractivity contribution is 5.76. The molecule has 0 amide bonds. The molecule has 1 nitrogen and oxygen atoms in total. The van der Waals surface area contributed by atoms with Gasteiger partial charge in [-0.25, -0.2) is 0 Å². The molecule has 0 heterocycles. The van der Waals surface area contributed by atoms with Crippen LogP contribution in [0, 0.1) is 0 Å². The molecule has 6 heavy (non-hydrogen) atoms. The first kappa shape index (κ1) is 5.41. The molecular formula is C5H8O. The van der Waals surface area contributed by atoms with Crippen LogP contribution in [0.5, 0.6) is 0 Å². The summed E-state index contributed by atoms with van der Waals surface area (Å²) in [5, 5.41) is 0. The van der Waals surface area contributed by atoms with Crippen LogP contribution in [0.2, 0.25) is 0 Å². The minimum atomic E-state index is 0.171. The van der Waals surface area contributed by atoms with E-state index in [4.69, 9.17) is 0 Å². The monoisotopic (exact) mass is 84.1 g/mol. The number of rotatable bonds is 2. The van der Waals surface area contributed by atoms with Gasteiger partial charge in [0, 0.05) is 6.42 Å². The van der Waals surface area contributed by atoms with Gasteiger partial charge in [-0.15, -0.1) is 6.58 Å². The molecule has 1 heteroatoms. The zero-order valence-electron chi connectivity index (χ0n) is 3.90. The van der Waals surface area contributed by atoms with E-state index in [0.717, 1.165) is 0 Å². The average Bonchev–Trinajstić information content (AvgIpc) is 1.35. The first-order valence-electron chi connectivity index (χ1n) is 1.87. The number of hydrogen-bond donors (Lipinski definition) is 0. The number of carbonyl (C=O) groups is 1. The van der Waals surface area contributed by atoms with Crippen LogP contribution in [0.15, 0.2) is 12.7 Å². The van der Waals surface area contributed by atoms with E-state index in [-0.39, 0.29) is 5.78 Å². The third-order valence-electron chi connectivity index (χ3n) is 0.432. The number of carbonyl (C=O) groups excluding carboxylic acids is 1. The summed E-state index contributed by atoms with van der Waals surface area (Å²) >= 11 is 0. The lowest BCUT2D eigenvalue weighted by Crippen LogP contribution is -1.81. The standard InChI is InChI=1S/C5H8O/c1-3-4-5(2)6/h3H,1,4H2,2H3. The van der Waals surface area contributed by atoms with Gasteiger partial charge < -0.3 is 0 Å². The minimum Gasteiger partial charge on any atom is -0.300 e. The summed E-state index contributed by atoms with van der Waals surface area (Å²) in [6.45, 7) is 4.92. The fourth-order valence-corrected chi connectivity index (χ4v) is 0.203. The summed E-state index contributed by atoms with van der Waals surface area (Å²) in [7, 11) is 0. The molecule has 0 aliphatic carbocycles. The highest BCUT2D eigenvalue weighted by Crippen LogP contribution is 1.77. The molecule has 0 aliphatic heterocycles. The van der Waals surface area contributed by atoms with Crippen LogP contribution in [0.1, 0.15) is 13.3 Å². The molecule has 0 bridgehead atoms. The maximum atomic E-state index is 9.97. The Morgan fingerprint density at radius 3 is 2.50 bits per heavy atom. The summed E-state index contributed by atoms with van der Waals surface area (Å²) in [6.07, 6.45) is 2.10. The molecule has 0 saturated carbocycles. The van der Waals surface area contributed by atoms with Crippen molar-refractivity contribution < 1.29 is 4.79 Å². The third kappa shape index (κ3) is 3.41. The van der Waals surface area contributed by atoms with Crippen LogP contribution in [0.25, 0.3) is 0 Å². The number of hydrogen-bond acceptors (Lipinski definition) is 1. The summed E-state index contributed by atoms with van der Waals surface area (Å²) in [5.41, 5.74) is 0. The predicted molar refractivity (Wildman–Crippen MR) is 25.5 cm³/mol. The van der Waals surface area contributed by atoms with Gasteiger partial charge in [-0.3, -0.25) is 4.79 Å². The van der Waals surface area contributed by atoms with Crippen molar-refractivity contribution in [3.8, 4) is 0 Å². The van der Waals surface area contributed by atoms with Crippen molar-refractivity contribution in [3.05, 3.63) is 12.7 Å². The maximum Gasteiger partial charge on any atom is 0.133 e. The van der Waals surface area contributed by atoms with Gasteiger partial charge in [0.2, 0.25) is 0 Å². The van der Waals surface area contributed by atoms with Crippen LogP contribution >= 0.6 is 0 Å². The first-order valence-corrected chi connectivity index (χ1v) is 1.87. The van der Waals surface area contributed by atoms with Gasteiger partial charge in [0.05, 0.1) is 0 Å². The van der Waals surface area contributed by atoms with E-state index in [1.807, 2.05) is 0 Å². The van der Waals surface area contributed by atoms with Gasteiger partial charge in [0.15, 0.2) is 0 Å². The van der Waals surface area contributed by atoms with Crippen LogP contribution in [0.4, 0.5) is 0 Å². The van der Waals surface area contributed by atoms with E-state index in [2.05, 4.69) is 6.58 Å². The Labute approximate surface area is 37.7 Å². The third-order valence-corrected chi connectivity index (χ3v) is 0.432. The van der Waals surface area contributed by atoms with E-state index in [1.165, 1.54) is 0 Å². The molecule has 0 unspecified atom stereocenters. The highest BCUT2D eigenvalue weighted by atomic mass is 16.1. The number of allylic oxidation sites excluding steroid dienone is 1. The zero-order valence-corrected chi connectivity index (χ0v) is 3.90. The minimum absolute atomic E-state index is 0.171. The molecule has 0 aromatic heterocycles. The molecular weight excluding hydrogens is 76.1 g/mol. The molecule has 0 saturated heterocycles. The van der Waals surface area contributed by atoms with Gasteiger partial charge >= 0.3 is 0 Å². The molecule has 0 radical (unpaired) electrons. The summed E-state index contributed by atoms with van der Waals surface area (Å²) in [4.78, 5) is 9.97. The van der Waals surface area contributed by atoms with Crippen LogP contribution < -0.4 is 0 Å². The van der Waals surface area contributed by atoms with E-state index >= 15 is 0 Å². The number of Topliss-reactive ketones (excluding diaryl/α,β-unsaturated/α-hetero) is 1. The Morgan fingerprint density at radius 1 is 2.00 bits per heavy atom. The molecule has 0 rings (SSSR count). The summed E-state index contributed by atoms with van der Waals surface area (Å²) in [6, 6.07) is 0. The van der Waals surface area contributed by atoms with Crippen molar-refractivity contribution >= 4 is 5.78 Å². The lowest BCUT2D eigenvalue weighted by molar-refractivity contribution is -0.116. The molecule has 34 valence electrons. The highest BCUT2D eigenvalue weighted by Gasteiger charge is 1.80. The lowest BCUT2D eigenvalue weighted by atomic mass is 10.3. The zero-order chi connectivity index (χ0) is 4.99. The Hall–Kier alpha value is -0.590. The predicted octanol–water partition coefficient (Wildman–Crippen LogP) is 1.15. The SMILES string of the molecule is C=CCC(C)=O. The van der Waals surface area contributed by atoms with E-state index in [9.17, 15) is 4.79 Å². The summed E-state index contributed by atoms with van der Waals surface area (Å²) in [5.74, 6) is 0.171. The van der Waals surface area contributed by atoms with Crippen LogP contribution in [0.3, 0.4) is 0 Å². The first-order chi connectivity index (χ1) is 2.77. The molecule has 0 atom stereocenters. The quantitative estimate of drug-likeness (QED) is 0.459. The normalized spacial score (nSPS) is 7.50. The largest absolute Gasteiger partial charge is 0.300 e. The molecule has 0 aromatic carbocycles. The van der Waals surface area contributed by atoms with Crippen molar-refractivity contribution in [2.45, 2.75) is 13.3 Å². The second kappa shape index (κ2) is 2.64. The second-order valence-electron chi connectivity index (χ2n) is 1.19. The maximum absolute atomic E-state index is 9.97. The smallest absolute Gasteiger partial charge is 0.133 e. The summed E-state index contributed by atoms with van der Waals surface area (Å²) < 4.78 is 0. The molecule has 0 aliphatic rings. The Kier molecular flexibility index (Phi) is 2.38. The van der Waals surface area contributed by atoms with E-state index < -0.39 is 0 Å². The molecule has 0 N–H and O–H groups in total. The van der Waals surface area contributed by atoms with Gasteiger partial charge in [0.1, 0.15) is 5.78 Å². The van der Waals surface area contributed by atoms with Crippen molar-refractivity contribution in [3.63, 3.8) is 0 Å². The Bertz CT molecular complexity index is 64.3. The Balaban J connectivity index is 3.05. The van der Waals surface area contributed by atoms with Crippen molar-refractivity contribution in [2.24, 2.45) is 0 Å². The molecule has 0 fully saturated rings. The second-order valence-corrected chi connectivity index (χ2v) is 1.19. The average molecular weight is 84.1 g/mol. The van der Waals surface area contributed by atoms with Crippen molar-refractivity contribution in [2.75, 3.05) is 0 Å². The fourth-order valence-electron chi connectivity index (χ4n) is 0.203. The van der Waals surface area contributed by atoms with Crippen LogP contribution in [-0.4, -0.2) is 5.78 Å². The van der Waals surface area contributed by atoms with Crippen LogP contribution in [-0.2, 0) is 4.79 Å². The van der Waals surface area contributed by atoms with Crippen molar-refractivity contribution in [1.82, 2.24) is 0 Å². The molecule has 0 aromatic rings. The van der Waals surface area contributed by atoms with Gasteiger partial charge in [-0.2, -0.15) is 0 Å². The lowest BCUT2D eigenvalue weighted by Gasteiger charge is -1.75. The van der Waals surface area contributed by atoms with E-state index in [0.29, 0.717) is 6.42 Å². The Morgan fingerprint density at radius 2 is 2.50 bits per heavy atom.